The zero-order chi connectivity index (χ0) is 33.2. The van der Waals surface area contributed by atoms with Gasteiger partial charge in [-0.05, 0) is 6.26 Å². The molecule has 4 N–H and O–H groups in total. The Balaban J connectivity index is 1.55. The second-order valence-electron chi connectivity index (χ2n) is 9.98. The third-order valence-corrected chi connectivity index (χ3v) is 8.81. The number of aldehydes is 1. The standard InChI is InChI=1S/C27H41N5O11S2/c1-44-19-14-24(38)31(26(19)40)6-2-21(35)29-16-18(34)17-30-22(36)3-7-32-25(39)15-20(27(32)41)45-13-4-23(37)28-5-9-42-11-12-43-10-8-33/h8,18-20,34H,2-7,9-17H2,1H3,(H,28,37)(H,29,35)(H,30,36). The lowest BCUT2D eigenvalue weighted by atomic mass is 10.3. The molecule has 0 radical (unpaired) electrons. The molecule has 7 amide bonds. The Morgan fingerprint density at radius 3 is 1.93 bits per heavy atom. The summed E-state index contributed by atoms with van der Waals surface area (Å²) in [6.45, 7) is 0.642. The van der Waals surface area contributed by atoms with Crippen LogP contribution < -0.4 is 16.0 Å². The number of nitrogens with one attached hydrogen (secondary N) is 3. The van der Waals surface area contributed by atoms with Crippen molar-refractivity contribution >= 4 is 71.2 Å². The van der Waals surface area contributed by atoms with Gasteiger partial charge in [0.2, 0.25) is 41.4 Å². The predicted octanol–water partition coefficient (Wildman–Crippen LogP) is -2.55. The Labute approximate surface area is 269 Å². The van der Waals surface area contributed by atoms with Crippen molar-refractivity contribution in [3.8, 4) is 0 Å². The summed E-state index contributed by atoms with van der Waals surface area (Å²) in [6, 6.07) is 0. The zero-order valence-electron chi connectivity index (χ0n) is 25.2. The van der Waals surface area contributed by atoms with Gasteiger partial charge in [-0.25, -0.2) is 0 Å². The highest BCUT2D eigenvalue weighted by molar-refractivity contribution is 8.00. The Morgan fingerprint density at radius 2 is 1.38 bits per heavy atom. The molecule has 0 spiro atoms. The van der Waals surface area contributed by atoms with E-state index in [1.807, 2.05) is 0 Å². The Kier molecular flexibility index (Phi) is 17.7. The quantitative estimate of drug-likeness (QED) is 0.0499. The molecule has 16 nitrogen and oxygen atoms in total. The highest BCUT2D eigenvalue weighted by Gasteiger charge is 2.39. The topological polar surface area (TPSA) is 218 Å². The van der Waals surface area contributed by atoms with Crippen molar-refractivity contribution in [3.63, 3.8) is 0 Å². The molecule has 0 saturated carbocycles. The monoisotopic (exact) mass is 675 g/mol. The molecule has 2 fully saturated rings. The largest absolute Gasteiger partial charge is 0.389 e. The van der Waals surface area contributed by atoms with Crippen molar-refractivity contribution in [2.45, 2.75) is 48.7 Å². The first-order valence-corrected chi connectivity index (χ1v) is 16.8. The predicted molar refractivity (Wildman–Crippen MR) is 163 cm³/mol. The first-order chi connectivity index (χ1) is 21.6. The lowest BCUT2D eigenvalue weighted by Gasteiger charge is -2.17. The van der Waals surface area contributed by atoms with E-state index in [1.165, 1.54) is 23.5 Å². The third kappa shape index (κ3) is 13.9. The fraction of sp³-hybridized carbons (Fsp3) is 0.704. The number of aliphatic hydroxyl groups excluding tert-OH is 1. The smallest absolute Gasteiger partial charge is 0.242 e. The maximum Gasteiger partial charge on any atom is 0.242 e. The molecular formula is C27H41N5O11S2. The minimum atomic E-state index is -1.11. The second kappa shape index (κ2) is 20.9. The van der Waals surface area contributed by atoms with E-state index in [0.717, 1.165) is 9.80 Å². The van der Waals surface area contributed by atoms with Crippen molar-refractivity contribution < 1.29 is 52.9 Å². The first-order valence-electron chi connectivity index (χ1n) is 14.5. The summed E-state index contributed by atoms with van der Waals surface area (Å²) in [4.78, 5) is 97.5. The summed E-state index contributed by atoms with van der Waals surface area (Å²) in [5.41, 5.74) is 0. The fourth-order valence-electron chi connectivity index (χ4n) is 4.22. The van der Waals surface area contributed by atoms with Gasteiger partial charge in [0.15, 0.2) is 0 Å². The van der Waals surface area contributed by atoms with Crippen LogP contribution in [-0.4, -0.2) is 150 Å². The van der Waals surface area contributed by atoms with Crippen LogP contribution in [0.4, 0.5) is 0 Å². The molecule has 0 aromatic heterocycles. The summed E-state index contributed by atoms with van der Waals surface area (Å²) in [5, 5.41) is 16.7. The van der Waals surface area contributed by atoms with Crippen LogP contribution in [-0.2, 0) is 47.8 Å². The number of carbonyl (C=O) groups is 8. The molecule has 18 heteroatoms. The molecule has 0 aliphatic carbocycles. The van der Waals surface area contributed by atoms with Gasteiger partial charge >= 0.3 is 0 Å². The van der Waals surface area contributed by atoms with Crippen LogP contribution in [0.1, 0.15) is 32.1 Å². The van der Waals surface area contributed by atoms with E-state index in [9.17, 15) is 43.5 Å². The molecular weight excluding hydrogens is 634 g/mol. The number of hydrogen-bond acceptors (Lipinski definition) is 13. The first kappa shape index (κ1) is 38.1. The number of hydrogen-bond donors (Lipinski definition) is 4. The normalized spacial score (nSPS) is 18.8. The average molecular weight is 676 g/mol. The molecule has 45 heavy (non-hydrogen) atoms. The van der Waals surface area contributed by atoms with Crippen molar-refractivity contribution in [1.82, 2.24) is 25.8 Å². The highest BCUT2D eigenvalue weighted by atomic mass is 32.2. The molecule has 3 atom stereocenters. The summed E-state index contributed by atoms with van der Waals surface area (Å²) in [5.74, 6) is -2.34. The summed E-state index contributed by atoms with van der Waals surface area (Å²) in [6.07, 6.45) is 1.22. The van der Waals surface area contributed by atoms with Gasteiger partial charge in [-0.2, -0.15) is 11.8 Å². The summed E-state index contributed by atoms with van der Waals surface area (Å²) in [7, 11) is 0. The van der Waals surface area contributed by atoms with Gasteiger partial charge < -0.3 is 35.3 Å². The molecule has 2 heterocycles. The Morgan fingerprint density at radius 1 is 0.844 bits per heavy atom. The fourth-order valence-corrected chi connectivity index (χ4v) is 5.98. The van der Waals surface area contributed by atoms with E-state index >= 15 is 0 Å². The molecule has 2 aliphatic rings. The van der Waals surface area contributed by atoms with Gasteiger partial charge in [-0.15, -0.1) is 11.8 Å². The minimum Gasteiger partial charge on any atom is -0.389 e. The van der Waals surface area contributed by atoms with E-state index in [1.54, 1.807) is 6.26 Å². The molecule has 2 aliphatic heterocycles. The van der Waals surface area contributed by atoms with Crippen LogP contribution in [0.25, 0.3) is 0 Å². The SMILES string of the molecule is CSC1CC(=O)N(CCC(=O)NCC(O)CNC(=O)CCN2C(=O)CC(SCCC(=O)NCCOCCOCC=O)C2=O)C1=O. The van der Waals surface area contributed by atoms with E-state index in [4.69, 9.17) is 9.47 Å². The number of amides is 7. The zero-order valence-corrected chi connectivity index (χ0v) is 26.8. The van der Waals surface area contributed by atoms with Crippen LogP contribution in [0.5, 0.6) is 0 Å². The lowest BCUT2D eigenvalue weighted by Crippen LogP contribution is -2.42. The van der Waals surface area contributed by atoms with Gasteiger partial charge in [0.1, 0.15) is 12.9 Å². The van der Waals surface area contributed by atoms with Crippen LogP contribution in [0.15, 0.2) is 0 Å². The van der Waals surface area contributed by atoms with E-state index in [-0.39, 0.29) is 95.8 Å². The van der Waals surface area contributed by atoms with Crippen LogP contribution in [0.2, 0.25) is 0 Å². The average Bonchev–Trinajstić information content (AvgIpc) is 3.45. The van der Waals surface area contributed by atoms with Crippen LogP contribution >= 0.6 is 23.5 Å². The molecule has 2 saturated heterocycles. The molecule has 2 rings (SSSR count). The number of rotatable bonds is 23. The van der Waals surface area contributed by atoms with Crippen molar-refractivity contribution in [2.75, 3.05) is 71.2 Å². The van der Waals surface area contributed by atoms with Gasteiger partial charge in [-0.3, -0.25) is 43.4 Å². The number of likely N-dealkylation sites (tertiary alicyclic amines) is 2. The summed E-state index contributed by atoms with van der Waals surface area (Å²) >= 11 is 2.48. The number of ether oxygens (including phenoxy) is 2. The van der Waals surface area contributed by atoms with E-state index in [0.29, 0.717) is 25.2 Å². The van der Waals surface area contributed by atoms with E-state index in [2.05, 4.69) is 16.0 Å². The molecule has 0 aromatic carbocycles. The van der Waals surface area contributed by atoms with E-state index < -0.39 is 40.2 Å². The number of carbonyl (C=O) groups excluding carboxylic acids is 8. The third-order valence-electron chi connectivity index (χ3n) is 6.66. The minimum absolute atomic E-state index is 0.00683. The number of aliphatic hydroxyl groups is 1. The van der Waals surface area contributed by atoms with Gasteiger partial charge in [0.05, 0.1) is 36.4 Å². The molecule has 0 aromatic rings. The van der Waals surface area contributed by atoms with Gasteiger partial charge in [0, 0.05) is 70.6 Å². The number of thioether (sulfide) groups is 2. The van der Waals surface area contributed by atoms with Crippen molar-refractivity contribution in [2.24, 2.45) is 0 Å². The number of imide groups is 2. The molecule has 3 unspecified atom stereocenters. The van der Waals surface area contributed by atoms with Gasteiger partial charge in [0.25, 0.3) is 0 Å². The van der Waals surface area contributed by atoms with Crippen molar-refractivity contribution in [3.05, 3.63) is 0 Å². The summed E-state index contributed by atoms with van der Waals surface area (Å²) < 4.78 is 10.2. The molecule has 252 valence electrons. The highest BCUT2D eigenvalue weighted by Crippen LogP contribution is 2.26. The van der Waals surface area contributed by atoms with Crippen LogP contribution in [0, 0.1) is 0 Å². The van der Waals surface area contributed by atoms with Crippen molar-refractivity contribution in [1.29, 1.82) is 0 Å². The van der Waals surface area contributed by atoms with Gasteiger partial charge in [-0.1, -0.05) is 0 Å². The maximum absolute atomic E-state index is 12.6. The second-order valence-corrected chi connectivity index (χ2v) is 12.3. The lowest BCUT2D eigenvalue weighted by molar-refractivity contribution is -0.140. The maximum atomic E-state index is 12.6. The van der Waals surface area contributed by atoms with Crippen LogP contribution in [0.3, 0.4) is 0 Å². The number of nitrogens with zero attached hydrogens (tertiary/aromatic N) is 2. The Bertz CT molecular complexity index is 1080. The molecule has 0 bridgehead atoms. The Hall–Kier alpha value is -3.06.